The number of hydrogen-bond donors (Lipinski definition) is 1. The lowest BCUT2D eigenvalue weighted by Gasteiger charge is -2.38. The highest BCUT2D eigenvalue weighted by molar-refractivity contribution is 5.77. The van der Waals surface area contributed by atoms with Crippen LogP contribution in [0.2, 0.25) is 0 Å². The lowest BCUT2D eigenvalue weighted by molar-refractivity contribution is -0.150. The number of hydrogen-bond acceptors (Lipinski definition) is 3. The van der Waals surface area contributed by atoms with Gasteiger partial charge in [-0.1, -0.05) is 0 Å². The molecule has 0 bridgehead atoms. The van der Waals surface area contributed by atoms with E-state index >= 15 is 0 Å². The van der Waals surface area contributed by atoms with Gasteiger partial charge in [-0.05, 0) is 39.7 Å². The molecule has 88 valence electrons. The van der Waals surface area contributed by atoms with E-state index in [0.717, 1.165) is 0 Å². The Morgan fingerprint density at radius 3 is 2.47 bits per heavy atom. The number of aliphatic carboxylic acids is 1. The highest BCUT2D eigenvalue weighted by Crippen LogP contribution is 2.37. The van der Waals surface area contributed by atoms with Gasteiger partial charge in [0.05, 0.1) is 6.61 Å². The molecule has 1 aliphatic rings. The zero-order chi connectivity index (χ0) is 11.6. The Bertz CT molecular complexity index is 236. The fourth-order valence-electron chi connectivity index (χ4n) is 1.78. The van der Waals surface area contributed by atoms with Crippen LogP contribution in [0.1, 0.15) is 26.7 Å². The van der Waals surface area contributed by atoms with Crippen LogP contribution in [0.4, 0.5) is 0 Å². The molecule has 1 aliphatic carbocycles. The van der Waals surface area contributed by atoms with Crippen molar-refractivity contribution < 1.29 is 14.6 Å². The van der Waals surface area contributed by atoms with Crippen LogP contribution in [0.15, 0.2) is 0 Å². The van der Waals surface area contributed by atoms with Gasteiger partial charge in [-0.15, -0.1) is 0 Å². The number of likely N-dealkylation sites (N-methyl/N-ethyl adjacent to an activating group) is 1. The number of rotatable bonds is 6. The van der Waals surface area contributed by atoms with Crippen LogP contribution in [0.5, 0.6) is 0 Å². The first-order valence-electron chi connectivity index (χ1n) is 5.36. The Hall–Kier alpha value is -0.610. The first-order valence-corrected chi connectivity index (χ1v) is 5.36. The van der Waals surface area contributed by atoms with Crippen molar-refractivity contribution in [3.63, 3.8) is 0 Å². The van der Waals surface area contributed by atoms with Gasteiger partial charge in [0.25, 0.3) is 0 Å². The molecule has 1 rings (SSSR count). The van der Waals surface area contributed by atoms with E-state index in [1.807, 2.05) is 11.9 Å². The molecule has 0 aliphatic heterocycles. The highest BCUT2D eigenvalue weighted by atomic mass is 16.5. The van der Waals surface area contributed by atoms with Crippen LogP contribution >= 0.6 is 0 Å². The first kappa shape index (κ1) is 12.5. The van der Waals surface area contributed by atoms with Gasteiger partial charge in [-0.2, -0.15) is 0 Å². The van der Waals surface area contributed by atoms with Crippen LogP contribution in [-0.4, -0.2) is 48.3 Å². The van der Waals surface area contributed by atoms with E-state index in [0.29, 0.717) is 12.5 Å². The van der Waals surface area contributed by atoms with Crippen molar-refractivity contribution in [3.05, 3.63) is 0 Å². The van der Waals surface area contributed by atoms with Crippen molar-refractivity contribution in [2.24, 2.45) is 5.92 Å². The molecule has 0 aromatic carbocycles. The van der Waals surface area contributed by atoms with Crippen LogP contribution < -0.4 is 0 Å². The molecule has 1 atom stereocenters. The second-order valence-corrected chi connectivity index (χ2v) is 4.84. The Balaban J connectivity index is 2.69. The summed E-state index contributed by atoms with van der Waals surface area (Å²) in [4.78, 5) is 13.1. The monoisotopic (exact) mass is 215 g/mol. The van der Waals surface area contributed by atoms with Gasteiger partial charge in [0.1, 0.15) is 5.54 Å². The molecular weight excluding hydrogens is 194 g/mol. The molecular formula is C11H21NO3. The van der Waals surface area contributed by atoms with Gasteiger partial charge in [-0.25, -0.2) is 0 Å². The molecule has 1 N–H and O–H groups in total. The second-order valence-electron chi connectivity index (χ2n) is 4.84. The predicted octanol–water partition coefficient (Wildman–Crippen LogP) is 1.21. The van der Waals surface area contributed by atoms with E-state index in [1.165, 1.54) is 12.8 Å². The van der Waals surface area contributed by atoms with E-state index in [4.69, 9.17) is 9.84 Å². The summed E-state index contributed by atoms with van der Waals surface area (Å²) in [5.74, 6) is -0.180. The molecule has 4 nitrogen and oxygen atoms in total. The molecule has 1 saturated carbocycles. The zero-order valence-corrected chi connectivity index (χ0v) is 9.99. The van der Waals surface area contributed by atoms with Gasteiger partial charge in [-0.3, -0.25) is 9.69 Å². The van der Waals surface area contributed by atoms with E-state index in [-0.39, 0.29) is 6.04 Å². The van der Waals surface area contributed by atoms with Crippen LogP contribution in [0, 0.1) is 5.92 Å². The van der Waals surface area contributed by atoms with Crippen molar-refractivity contribution >= 4 is 5.97 Å². The van der Waals surface area contributed by atoms with E-state index < -0.39 is 11.5 Å². The average Bonchev–Trinajstić information content (AvgIpc) is 2.96. The van der Waals surface area contributed by atoms with Crippen molar-refractivity contribution in [1.29, 1.82) is 0 Å². The van der Waals surface area contributed by atoms with Crippen molar-refractivity contribution in [1.82, 2.24) is 4.90 Å². The Labute approximate surface area is 91.2 Å². The maximum absolute atomic E-state index is 11.1. The zero-order valence-electron chi connectivity index (χ0n) is 9.99. The molecule has 0 spiro atoms. The van der Waals surface area contributed by atoms with Crippen molar-refractivity contribution in [2.45, 2.75) is 38.3 Å². The molecule has 0 aromatic rings. The Kier molecular flexibility index (Phi) is 3.73. The van der Waals surface area contributed by atoms with Crippen molar-refractivity contribution in [2.75, 3.05) is 20.8 Å². The number of carboxylic acids is 1. The van der Waals surface area contributed by atoms with E-state index in [9.17, 15) is 4.79 Å². The minimum absolute atomic E-state index is 0.223. The minimum atomic E-state index is -0.828. The van der Waals surface area contributed by atoms with Crippen molar-refractivity contribution in [3.8, 4) is 0 Å². The molecule has 0 heterocycles. The van der Waals surface area contributed by atoms with Gasteiger partial charge < -0.3 is 9.84 Å². The average molecular weight is 215 g/mol. The molecule has 1 unspecified atom stereocenters. The molecule has 0 aromatic heterocycles. The third-order valence-corrected chi connectivity index (χ3v) is 3.41. The van der Waals surface area contributed by atoms with Crippen LogP contribution in [-0.2, 0) is 9.53 Å². The van der Waals surface area contributed by atoms with Gasteiger partial charge in [0.15, 0.2) is 0 Å². The molecule has 4 heteroatoms. The SMILES string of the molecule is COCC(C1CC1)N(C)C(C)(C)C(=O)O. The second kappa shape index (κ2) is 4.49. The molecule has 1 fully saturated rings. The molecule has 0 saturated heterocycles. The molecule has 0 amide bonds. The maximum atomic E-state index is 11.1. The number of carbonyl (C=O) groups is 1. The topological polar surface area (TPSA) is 49.8 Å². The normalized spacial score (nSPS) is 19.3. The van der Waals surface area contributed by atoms with Gasteiger partial charge in [0, 0.05) is 13.2 Å². The standard InChI is InChI=1S/C11H21NO3/c1-11(2,10(13)14)12(3)9(7-15-4)8-5-6-8/h8-9H,5-7H2,1-4H3,(H,13,14). The predicted molar refractivity (Wildman–Crippen MR) is 57.9 cm³/mol. The number of nitrogens with zero attached hydrogens (tertiary/aromatic N) is 1. The number of ether oxygens (including phenoxy) is 1. The minimum Gasteiger partial charge on any atom is -0.480 e. The smallest absolute Gasteiger partial charge is 0.323 e. The maximum Gasteiger partial charge on any atom is 0.323 e. The molecule has 0 radical (unpaired) electrons. The summed E-state index contributed by atoms with van der Waals surface area (Å²) < 4.78 is 5.17. The molecule has 15 heavy (non-hydrogen) atoms. The number of carboxylic acid groups (broad SMARTS) is 1. The van der Waals surface area contributed by atoms with E-state index in [1.54, 1.807) is 21.0 Å². The quantitative estimate of drug-likeness (QED) is 0.723. The fraction of sp³-hybridized carbons (Fsp3) is 0.909. The summed E-state index contributed by atoms with van der Waals surface area (Å²) in [6.07, 6.45) is 2.38. The summed E-state index contributed by atoms with van der Waals surface area (Å²) in [7, 11) is 3.53. The van der Waals surface area contributed by atoms with Crippen LogP contribution in [0.3, 0.4) is 0 Å². The fourth-order valence-corrected chi connectivity index (χ4v) is 1.78. The number of methoxy groups -OCH3 is 1. The summed E-state index contributed by atoms with van der Waals surface area (Å²) in [5.41, 5.74) is -0.828. The highest BCUT2D eigenvalue weighted by Gasteiger charge is 2.42. The summed E-state index contributed by atoms with van der Waals surface area (Å²) in [6, 6.07) is 0.223. The Morgan fingerprint density at radius 1 is 1.60 bits per heavy atom. The lowest BCUT2D eigenvalue weighted by atomic mass is 9.99. The van der Waals surface area contributed by atoms with Crippen LogP contribution in [0.25, 0.3) is 0 Å². The summed E-state index contributed by atoms with van der Waals surface area (Å²) in [5, 5.41) is 9.15. The third-order valence-electron chi connectivity index (χ3n) is 3.41. The largest absolute Gasteiger partial charge is 0.480 e. The van der Waals surface area contributed by atoms with Gasteiger partial charge >= 0.3 is 5.97 Å². The summed E-state index contributed by atoms with van der Waals surface area (Å²) in [6.45, 7) is 4.08. The van der Waals surface area contributed by atoms with E-state index in [2.05, 4.69) is 0 Å². The lowest BCUT2D eigenvalue weighted by Crippen LogP contribution is -2.54. The first-order chi connectivity index (χ1) is 6.91. The Morgan fingerprint density at radius 2 is 2.13 bits per heavy atom. The van der Waals surface area contributed by atoms with Gasteiger partial charge in [0.2, 0.25) is 0 Å². The summed E-state index contributed by atoms with van der Waals surface area (Å²) >= 11 is 0. The third kappa shape index (κ3) is 2.69.